The lowest BCUT2D eigenvalue weighted by Crippen LogP contribution is -2.12. The third kappa shape index (κ3) is 2.09. The number of aryl methyl sites for hydroxylation is 1. The van der Waals surface area contributed by atoms with Gasteiger partial charge in [0.15, 0.2) is 0 Å². The van der Waals surface area contributed by atoms with Crippen LogP contribution in [0.25, 0.3) is 0 Å². The maximum atomic E-state index is 11.4. The largest absolute Gasteiger partial charge is 0.434 e. The molecule has 1 aromatic carbocycles. The van der Waals surface area contributed by atoms with Crippen molar-refractivity contribution in [1.29, 1.82) is 0 Å². The molecule has 0 saturated carbocycles. The smallest absolute Gasteiger partial charge is 0.289 e. The van der Waals surface area contributed by atoms with E-state index in [1.165, 1.54) is 5.56 Å². The van der Waals surface area contributed by atoms with Gasteiger partial charge in [0.25, 0.3) is 5.95 Å². The van der Waals surface area contributed by atoms with Crippen molar-refractivity contribution >= 4 is 5.78 Å². The first-order valence-electron chi connectivity index (χ1n) is 5.66. The van der Waals surface area contributed by atoms with E-state index < -0.39 is 0 Å². The Labute approximate surface area is 99.0 Å². The molecule has 0 spiro atoms. The van der Waals surface area contributed by atoms with Gasteiger partial charge in [0.05, 0.1) is 6.26 Å². The van der Waals surface area contributed by atoms with Gasteiger partial charge in [0.1, 0.15) is 11.5 Å². The summed E-state index contributed by atoms with van der Waals surface area (Å²) in [5.74, 6) is 1.48. The molecule has 3 rings (SSSR count). The van der Waals surface area contributed by atoms with Gasteiger partial charge in [-0.25, -0.2) is 0 Å². The minimum Gasteiger partial charge on any atom is -0.434 e. The Morgan fingerprint density at radius 1 is 1.12 bits per heavy atom. The zero-order valence-corrected chi connectivity index (χ0v) is 9.31. The van der Waals surface area contributed by atoms with Gasteiger partial charge in [-0.2, -0.15) is 0 Å². The number of fused-ring (bicyclic) bond motifs is 1. The van der Waals surface area contributed by atoms with Crippen molar-refractivity contribution in [1.82, 2.24) is 0 Å². The predicted octanol–water partition coefficient (Wildman–Crippen LogP) is 3.13. The topological polar surface area (TPSA) is 39.4 Å². The highest BCUT2D eigenvalue weighted by Gasteiger charge is 2.16. The average molecular weight is 228 g/mol. The summed E-state index contributed by atoms with van der Waals surface area (Å²) < 4.78 is 10.7. The van der Waals surface area contributed by atoms with Crippen molar-refractivity contribution < 1.29 is 13.9 Å². The number of rotatable bonds is 2. The highest BCUT2D eigenvalue weighted by atomic mass is 16.6. The lowest BCUT2D eigenvalue weighted by molar-refractivity contribution is -0.118. The molecule has 1 aliphatic rings. The molecule has 17 heavy (non-hydrogen) atoms. The molecule has 86 valence electrons. The van der Waals surface area contributed by atoms with E-state index in [-0.39, 0.29) is 0 Å². The fraction of sp³-hybridized carbons (Fsp3) is 0.214. The lowest BCUT2D eigenvalue weighted by atomic mass is 9.91. The first kappa shape index (κ1) is 10.1. The van der Waals surface area contributed by atoms with Crippen LogP contribution in [0.2, 0.25) is 0 Å². The summed E-state index contributed by atoms with van der Waals surface area (Å²) >= 11 is 0. The summed E-state index contributed by atoms with van der Waals surface area (Å²) in [5.41, 5.74) is 2.32. The van der Waals surface area contributed by atoms with Crippen LogP contribution in [0.1, 0.15) is 17.5 Å². The van der Waals surface area contributed by atoms with Gasteiger partial charge >= 0.3 is 0 Å². The molecule has 1 aliphatic carbocycles. The molecule has 0 saturated heterocycles. The van der Waals surface area contributed by atoms with Gasteiger partial charge < -0.3 is 9.15 Å². The minimum absolute atomic E-state index is 0.299. The number of ether oxygens (including phenoxy) is 1. The summed E-state index contributed by atoms with van der Waals surface area (Å²) in [6.45, 7) is 0. The Bertz CT molecular complexity index is 541. The Kier molecular flexibility index (Phi) is 2.44. The van der Waals surface area contributed by atoms with Crippen molar-refractivity contribution in [3.05, 3.63) is 47.7 Å². The molecule has 0 unspecified atom stereocenters. The van der Waals surface area contributed by atoms with E-state index in [2.05, 4.69) is 0 Å². The highest BCUT2D eigenvalue weighted by Crippen LogP contribution is 2.27. The first-order chi connectivity index (χ1) is 8.31. The summed E-state index contributed by atoms with van der Waals surface area (Å²) in [6, 6.07) is 9.40. The SMILES string of the molecule is O=C1CCc2ccc(Oc3ccco3)cc2C1. The van der Waals surface area contributed by atoms with E-state index in [9.17, 15) is 4.79 Å². The van der Waals surface area contributed by atoms with Gasteiger partial charge in [-0.05, 0) is 35.7 Å². The number of benzene rings is 1. The van der Waals surface area contributed by atoms with Crippen LogP contribution in [-0.4, -0.2) is 5.78 Å². The summed E-state index contributed by atoms with van der Waals surface area (Å²) in [7, 11) is 0. The molecule has 1 heterocycles. The zero-order chi connectivity index (χ0) is 11.7. The third-order valence-electron chi connectivity index (χ3n) is 2.95. The fourth-order valence-corrected chi connectivity index (χ4v) is 2.09. The van der Waals surface area contributed by atoms with Gasteiger partial charge in [-0.3, -0.25) is 4.79 Å². The van der Waals surface area contributed by atoms with Crippen molar-refractivity contribution in [3.63, 3.8) is 0 Å². The van der Waals surface area contributed by atoms with Crippen molar-refractivity contribution in [2.24, 2.45) is 0 Å². The van der Waals surface area contributed by atoms with Crippen LogP contribution in [0.5, 0.6) is 11.7 Å². The number of carbonyl (C=O) groups is 1. The molecule has 3 nitrogen and oxygen atoms in total. The molecular weight excluding hydrogens is 216 g/mol. The van der Waals surface area contributed by atoms with E-state index in [1.807, 2.05) is 18.2 Å². The van der Waals surface area contributed by atoms with E-state index >= 15 is 0 Å². The van der Waals surface area contributed by atoms with Crippen LogP contribution in [0, 0.1) is 0 Å². The van der Waals surface area contributed by atoms with Gasteiger partial charge in [-0.1, -0.05) is 6.07 Å². The van der Waals surface area contributed by atoms with Gasteiger partial charge in [0, 0.05) is 18.9 Å². The molecular formula is C14H12O3. The second-order valence-electron chi connectivity index (χ2n) is 4.18. The molecule has 0 N–H and O–H groups in total. The van der Waals surface area contributed by atoms with E-state index in [1.54, 1.807) is 18.4 Å². The van der Waals surface area contributed by atoms with E-state index in [4.69, 9.17) is 9.15 Å². The number of hydrogen-bond acceptors (Lipinski definition) is 3. The number of carbonyl (C=O) groups excluding carboxylic acids is 1. The quantitative estimate of drug-likeness (QED) is 0.792. The van der Waals surface area contributed by atoms with Crippen molar-refractivity contribution in [2.75, 3.05) is 0 Å². The Morgan fingerprint density at radius 2 is 2.06 bits per heavy atom. The number of furan rings is 1. The maximum absolute atomic E-state index is 11.4. The second kappa shape index (κ2) is 4.09. The summed E-state index contributed by atoms with van der Waals surface area (Å²) in [6.07, 6.45) is 3.59. The molecule has 2 aromatic rings. The Hall–Kier alpha value is -2.03. The molecule has 0 atom stereocenters. The van der Waals surface area contributed by atoms with Crippen LogP contribution in [0.15, 0.2) is 41.0 Å². The van der Waals surface area contributed by atoms with Gasteiger partial charge in [0.2, 0.25) is 0 Å². The minimum atomic E-state index is 0.299. The Balaban J connectivity index is 1.87. The van der Waals surface area contributed by atoms with Crippen LogP contribution in [0.4, 0.5) is 0 Å². The zero-order valence-electron chi connectivity index (χ0n) is 9.31. The highest BCUT2D eigenvalue weighted by molar-refractivity contribution is 5.83. The van der Waals surface area contributed by atoms with E-state index in [0.29, 0.717) is 30.3 Å². The molecule has 0 radical (unpaired) electrons. The molecule has 0 amide bonds. The third-order valence-corrected chi connectivity index (χ3v) is 2.95. The maximum Gasteiger partial charge on any atom is 0.289 e. The lowest BCUT2D eigenvalue weighted by Gasteiger charge is -2.15. The normalized spacial score (nSPS) is 14.5. The summed E-state index contributed by atoms with van der Waals surface area (Å²) in [5, 5.41) is 0. The second-order valence-corrected chi connectivity index (χ2v) is 4.18. The van der Waals surface area contributed by atoms with Crippen LogP contribution in [-0.2, 0) is 17.6 Å². The van der Waals surface area contributed by atoms with Crippen molar-refractivity contribution in [3.8, 4) is 11.7 Å². The molecule has 1 aromatic heterocycles. The molecule has 0 fully saturated rings. The predicted molar refractivity (Wildman–Crippen MR) is 62.3 cm³/mol. The number of ketones is 1. The van der Waals surface area contributed by atoms with Crippen LogP contribution >= 0.6 is 0 Å². The van der Waals surface area contributed by atoms with Crippen LogP contribution in [0.3, 0.4) is 0 Å². The number of hydrogen-bond donors (Lipinski definition) is 0. The number of Topliss-reactive ketones (excluding diaryl/α,β-unsaturated/α-hetero) is 1. The first-order valence-corrected chi connectivity index (χ1v) is 5.66. The molecule has 0 aliphatic heterocycles. The molecule has 0 bridgehead atoms. The monoisotopic (exact) mass is 228 g/mol. The summed E-state index contributed by atoms with van der Waals surface area (Å²) in [4.78, 5) is 11.4. The average Bonchev–Trinajstić information content (AvgIpc) is 2.81. The van der Waals surface area contributed by atoms with Crippen molar-refractivity contribution in [2.45, 2.75) is 19.3 Å². The van der Waals surface area contributed by atoms with Crippen LogP contribution < -0.4 is 4.74 Å². The standard InChI is InChI=1S/C14H12O3/c15-12-5-3-10-4-6-13(9-11(10)8-12)17-14-2-1-7-16-14/h1-2,4,6-7,9H,3,5,8H2. The molecule has 3 heteroatoms. The fourth-order valence-electron chi connectivity index (χ4n) is 2.09. The van der Waals surface area contributed by atoms with Gasteiger partial charge in [-0.15, -0.1) is 0 Å². The van der Waals surface area contributed by atoms with E-state index in [0.717, 1.165) is 12.0 Å². The Morgan fingerprint density at radius 3 is 2.88 bits per heavy atom.